The molecule has 1 saturated heterocycles. The number of para-hydroxylation sites is 1. The van der Waals surface area contributed by atoms with Crippen LogP contribution in [0.5, 0.6) is 5.75 Å². The van der Waals surface area contributed by atoms with Gasteiger partial charge in [0.05, 0.1) is 6.61 Å². The number of carbonyl (C=O) groups excluding carboxylic acids is 1. The highest BCUT2D eigenvalue weighted by Crippen LogP contribution is 2.16. The van der Waals surface area contributed by atoms with Gasteiger partial charge in [-0.05, 0) is 37.9 Å². The lowest BCUT2D eigenvalue weighted by molar-refractivity contribution is -0.121. The van der Waals surface area contributed by atoms with E-state index in [0.717, 1.165) is 37.2 Å². The van der Waals surface area contributed by atoms with E-state index < -0.39 is 0 Å². The Morgan fingerprint density at radius 3 is 3.05 bits per heavy atom. The Labute approximate surface area is 114 Å². The van der Waals surface area contributed by atoms with E-state index in [1.165, 1.54) is 0 Å². The van der Waals surface area contributed by atoms with Gasteiger partial charge >= 0.3 is 0 Å². The molecule has 0 aliphatic carbocycles. The number of hydrogen-bond donors (Lipinski definition) is 2. The molecule has 0 spiro atoms. The highest BCUT2D eigenvalue weighted by molar-refractivity contribution is 5.76. The predicted molar refractivity (Wildman–Crippen MR) is 75.3 cm³/mol. The first-order valence-corrected chi connectivity index (χ1v) is 6.94. The number of amides is 1. The summed E-state index contributed by atoms with van der Waals surface area (Å²) in [6.45, 7) is 4.50. The number of aryl methyl sites for hydroxylation is 1. The quantitative estimate of drug-likeness (QED) is 0.766. The third kappa shape index (κ3) is 4.56. The van der Waals surface area contributed by atoms with Crippen LogP contribution >= 0.6 is 0 Å². The summed E-state index contributed by atoms with van der Waals surface area (Å²) in [4.78, 5) is 11.7. The molecule has 0 radical (unpaired) electrons. The molecular weight excluding hydrogens is 240 g/mol. The largest absolute Gasteiger partial charge is 0.493 e. The molecule has 19 heavy (non-hydrogen) atoms. The van der Waals surface area contributed by atoms with Gasteiger partial charge in [0.25, 0.3) is 0 Å². The van der Waals surface area contributed by atoms with Crippen LogP contribution in [0.4, 0.5) is 0 Å². The Bertz CT molecular complexity index is 414. The third-order valence-electron chi connectivity index (χ3n) is 3.32. The van der Waals surface area contributed by atoms with Crippen LogP contribution < -0.4 is 15.4 Å². The summed E-state index contributed by atoms with van der Waals surface area (Å²) in [5, 5.41) is 6.27. The van der Waals surface area contributed by atoms with Crippen molar-refractivity contribution in [3.8, 4) is 5.75 Å². The number of hydrogen-bond acceptors (Lipinski definition) is 3. The Morgan fingerprint density at radius 2 is 2.32 bits per heavy atom. The van der Waals surface area contributed by atoms with Crippen LogP contribution in [0.3, 0.4) is 0 Å². The molecule has 0 aromatic heterocycles. The van der Waals surface area contributed by atoms with Crippen LogP contribution in [-0.4, -0.2) is 31.6 Å². The fourth-order valence-corrected chi connectivity index (χ4v) is 2.21. The predicted octanol–water partition coefficient (Wildman–Crippen LogP) is 1.63. The Morgan fingerprint density at radius 1 is 1.47 bits per heavy atom. The third-order valence-corrected chi connectivity index (χ3v) is 3.32. The fraction of sp³-hybridized carbons (Fsp3) is 0.533. The molecule has 2 rings (SSSR count). The summed E-state index contributed by atoms with van der Waals surface area (Å²) in [5.74, 6) is 1.03. The smallest absolute Gasteiger partial charge is 0.220 e. The van der Waals surface area contributed by atoms with Gasteiger partial charge in [-0.3, -0.25) is 4.79 Å². The van der Waals surface area contributed by atoms with E-state index in [0.29, 0.717) is 19.1 Å². The van der Waals surface area contributed by atoms with Crippen LogP contribution in [0, 0.1) is 6.92 Å². The van der Waals surface area contributed by atoms with Crippen molar-refractivity contribution in [2.75, 3.05) is 19.7 Å². The lowest BCUT2D eigenvalue weighted by Gasteiger charge is -2.12. The molecule has 4 heteroatoms. The molecule has 1 fully saturated rings. The highest BCUT2D eigenvalue weighted by atomic mass is 16.5. The molecule has 0 saturated carbocycles. The van der Waals surface area contributed by atoms with Crippen LogP contribution in [0.2, 0.25) is 0 Å². The summed E-state index contributed by atoms with van der Waals surface area (Å²) >= 11 is 0. The first-order valence-electron chi connectivity index (χ1n) is 6.94. The standard InChI is InChI=1S/C15H22N2O2/c1-12-5-2-3-6-14(12)19-10-4-7-15(18)17-13-8-9-16-11-13/h2-3,5-6,13,16H,4,7-11H2,1H3,(H,17,18). The van der Waals surface area contributed by atoms with Crippen molar-refractivity contribution in [3.05, 3.63) is 29.8 Å². The van der Waals surface area contributed by atoms with E-state index in [9.17, 15) is 4.79 Å². The molecule has 0 bridgehead atoms. The average molecular weight is 262 g/mol. The van der Waals surface area contributed by atoms with Gasteiger partial charge in [-0.15, -0.1) is 0 Å². The Hall–Kier alpha value is -1.55. The topological polar surface area (TPSA) is 50.4 Å². The summed E-state index contributed by atoms with van der Waals surface area (Å²) in [5.41, 5.74) is 1.13. The molecule has 1 aliphatic rings. The van der Waals surface area contributed by atoms with E-state index in [1.54, 1.807) is 0 Å². The van der Waals surface area contributed by atoms with Gasteiger partial charge in [0.15, 0.2) is 0 Å². The summed E-state index contributed by atoms with van der Waals surface area (Å²) < 4.78 is 5.66. The van der Waals surface area contributed by atoms with Crippen LogP contribution in [0.15, 0.2) is 24.3 Å². The molecule has 1 aromatic carbocycles. The average Bonchev–Trinajstić information content (AvgIpc) is 2.89. The molecule has 1 unspecified atom stereocenters. The van der Waals surface area contributed by atoms with Gasteiger partial charge in [-0.2, -0.15) is 0 Å². The molecule has 4 nitrogen and oxygen atoms in total. The normalized spacial score (nSPS) is 18.3. The molecule has 2 N–H and O–H groups in total. The molecule has 104 valence electrons. The lowest BCUT2D eigenvalue weighted by atomic mass is 10.2. The van der Waals surface area contributed by atoms with Crippen molar-refractivity contribution in [2.45, 2.75) is 32.2 Å². The number of rotatable bonds is 6. The monoisotopic (exact) mass is 262 g/mol. The van der Waals surface area contributed by atoms with Gasteiger partial charge in [0.2, 0.25) is 5.91 Å². The second kappa shape index (κ2) is 7.14. The first-order chi connectivity index (χ1) is 9.25. The van der Waals surface area contributed by atoms with Gasteiger partial charge in [-0.1, -0.05) is 18.2 Å². The zero-order valence-electron chi connectivity index (χ0n) is 11.4. The number of nitrogens with one attached hydrogen (secondary N) is 2. The van der Waals surface area contributed by atoms with E-state index in [1.807, 2.05) is 31.2 Å². The van der Waals surface area contributed by atoms with E-state index in [-0.39, 0.29) is 5.91 Å². The van der Waals surface area contributed by atoms with Gasteiger partial charge in [0, 0.05) is 19.0 Å². The van der Waals surface area contributed by atoms with Crippen LogP contribution in [0.25, 0.3) is 0 Å². The Balaban J connectivity index is 1.61. The Kier molecular flexibility index (Phi) is 5.21. The van der Waals surface area contributed by atoms with Crippen LogP contribution in [0.1, 0.15) is 24.8 Å². The van der Waals surface area contributed by atoms with Crippen molar-refractivity contribution in [1.82, 2.24) is 10.6 Å². The first kappa shape index (κ1) is 13.9. The number of ether oxygens (including phenoxy) is 1. The van der Waals surface area contributed by atoms with Crippen molar-refractivity contribution < 1.29 is 9.53 Å². The number of benzene rings is 1. The molecule has 1 heterocycles. The molecule has 1 aliphatic heterocycles. The second-order valence-corrected chi connectivity index (χ2v) is 4.97. The second-order valence-electron chi connectivity index (χ2n) is 4.97. The van der Waals surface area contributed by atoms with Gasteiger partial charge in [-0.25, -0.2) is 0 Å². The zero-order valence-corrected chi connectivity index (χ0v) is 11.4. The minimum absolute atomic E-state index is 0.127. The van der Waals surface area contributed by atoms with Crippen molar-refractivity contribution in [2.24, 2.45) is 0 Å². The minimum Gasteiger partial charge on any atom is -0.493 e. The molecule has 1 amide bonds. The van der Waals surface area contributed by atoms with Crippen molar-refractivity contribution in [1.29, 1.82) is 0 Å². The summed E-state index contributed by atoms with van der Waals surface area (Å²) in [6, 6.07) is 8.24. The molecular formula is C15H22N2O2. The fourth-order valence-electron chi connectivity index (χ4n) is 2.21. The van der Waals surface area contributed by atoms with E-state index in [4.69, 9.17) is 4.74 Å². The SMILES string of the molecule is Cc1ccccc1OCCCC(=O)NC1CCNC1. The summed E-state index contributed by atoms with van der Waals surface area (Å²) in [7, 11) is 0. The van der Waals surface area contributed by atoms with Crippen LogP contribution in [-0.2, 0) is 4.79 Å². The minimum atomic E-state index is 0.127. The van der Waals surface area contributed by atoms with E-state index >= 15 is 0 Å². The van der Waals surface area contributed by atoms with Crippen molar-refractivity contribution >= 4 is 5.91 Å². The molecule has 1 atom stereocenters. The maximum absolute atomic E-state index is 11.7. The summed E-state index contributed by atoms with van der Waals surface area (Å²) in [6.07, 6.45) is 2.31. The van der Waals surface area contributed by atoms with Crippen molar-refractivity contribution in [3.63, 3.8) is 0 Å². The molecule has 1 aromatic rings. The lowest BCUT2D eigenvalue weighted by Crippen LogP contribution is -2.36. The van der Waals surface area contributed by atoms with Gasteiger partial charge in [0.1, 0.15) is 5.75 Å². The van der Waals surface area contributed by atoms with Gasteiger partial charge < -0.3 is 15.4 Å². The highest BCUT2D eigenvalue weighted by Gasteiger charge is 2.16. The van der Waals surface area contributed by atoms with E-state index in [2.05, 4.69) is 10.6 Å². The maximum Gasteiger partial charge on any atom is 0.220 e. The maximum atomic E-state index is 11.7. The zero-order chi connectivity index (χ0) is 13.5. The number of carbonyl (C=O) groups is 1.